The summed E-state index contributed by atoms with van der Waals surface area (Å²) in [6, 6.07) is 5.45. The first-order valence-corrected chi connectivity index (χ1v) is 8.18. The number of hydrogen-bond donors (Lipinski definition) is 2. The van der Waals surface area contributed by atoms with Crippen molar-refractivity contribution in [3.05, 3.63) is 18.2 Å². The predicted octanol–water partition coefficient (Wildman–Crippen LogP) is 0.926. The van der Waals surface area contributed by atoms with Gasteiger partial charge in [-0.25, -0.2) is 0 Å². The lowest BCUT2D eigenvalue weighted by molar-refractivity contribution is 0.171. The molecule has 6 heteroatoms. The lowest BCUT2D eigenvalue weighted by atomic mass is 10.2. The maximum atomic E-state index is 12.4. The predicted molar refractivity (Wildman–Crippen MR) is 77.9 cm³/mol. The number of ether oxygens (including phenoxy) is 2. The largest absolute Gasteiger partial charge is 0.486 e. The van der Waals surface area contributed by atoms with Gasteiger partial charge in [0.25, 0.3) is 0 Å². The van der Waals surface area contributed by atoms with Gasteiger partial charge < -0.3 is 19.9 Å². The molecule has 2 rings (SSSR count). The summed E-state index contributed by atoms with van der Waals surface area (Å²) in [6.45, 7) is 3.96. The normalized spacial score (nSPS) is 16.7. The molecule has 0 fully saturated rings. The molecule has 1 aliphatic rings. The third kappa shape index (κ3) is 3.94. The third-order valence-corrected chi connectivity index (χ3v) is 4.58. The number of hydrogen-bond acceptors (Lipinski definition) is 5. The molecular weight excluding hydrogens is 278 g/mol. The van der Waals surface area contributed by atoms with Crippen molar-refractivity contribution >= 4 is 10.8 Å². The Kier molecular flexibility index (Phi) is 5.82. The van der Waals surface area contributed by atoms with Crippen LogP contribution in [0.3, 0.4) is 0 Å². The van der Waals surface area contributed by atoms with E-state index in [1.54, 1.807) is 12.1 Å². The molecule has 2 unspecified atom stereocenters. The first-order valence-electron chi connectivity index (χ1n) is 6.87. The molecule has 0 aromatic heterocycles. The summed E-state index contributed by atoms with van der Waals surface area (Å²) in [5, 5.41) is 12.3. The molecule has 0 amide bonds. The fourth-order valence-corrected chi connectivity index (χ4v) is 3.43. The molecule has 112 valence electrons. The molecule has 0 radical (unpaired) electrons. The number of benzene rings is 1. The van der Waals surface area contributed by atoms with Gasteiger partial charge in [0, 0.05) is 29.4 Å². The van der Waals surface area contributed by atoms with Crippen LogP contribution in [0.5, 0.6) is 11.5 Å². The molecule has 0 saturated carbocycles. The van der Waals surface area contributed by atoms with Gasteiger partial charge in [-0.1, -0.05) is 6.92 Å². The van der Waals surface area contributed by atoms with Crippen LogP contribution in [-0.2, 0) is 10.8 Å². The fraction of sp³-hybridized carbons (Fsp3) is 0.571. The molecule has 0 spiro atoms. The SMILES string of the molecule is CCNC(CCO)CS(=O)c1ccc2c(c1)OCCO2. The van der Waals surface area contributed by atoms with E-state index in [0.717, 1.165) is 11.4 Å². The Bertz CT molecular complexity index is 460. The molecule has 2 N–H and O–H groups in total. The van der Waals surface area contributed by atoms with E-state index in [0.29, 0.717) is 36.9 Å². The summed E-state index contributed by atoms with van der Waals surface area (Å²) < 4.78 is 23.3. The van der Waals surface area contributed by atoms with Crippen molar-refractivity contribution in [2.75, 3.05) is 32.1 Å². The Balaban J connectivity index is 2.04. The lowest BCUT2D eigenvalue weighted by Crippen LogP contribution is -2.34. The maximum Gasteiger partial charge on any atom is 0.162 e. The topological polar surface area (TPSA) is 67.8 Å². The molecular formula is C14H21NO4S. The van der Waals surface area contributed by atoms with Crippen molar-refractivity contribution in [2.24, 2.45) is 0 Å². The highest BCUT2D eigenvalue weighted by Gasteiger charge is 2.17. The third-order valence-electron chi connectivity index (χ3n) is 3.10. The molecule has 5 nitrogen and oxygen atoms in total. The zero-order valence-corrected chi connectivity index (χ0v) is 12.4. The van der Waals surface area contributed by atoms with Crippen LogP contribution in [0.2, 0.25) is 0 Å². The number of nitrogens with one attached hydrogen (secondary N) is 1. The number of aliphatic hydroxyl groups excluding tert-OH is 1. The second-order valence-corrected chi connectivity index (χ2v) is 6.08. The van der Waals surface area contributed by atoms with E-state index in [1.807, 2.05) is 13.0 Å². The fourth-order valence-electron chi connectivity index (χ4n) is 2.13. The average Bonchev–Trinajstić information content (AvgIpc) is 2.47. The summed E-state index contributed by atoms with van der Waals surface area (Å²) in [6.07, 6.45) is 0.601. The van der Waals surface area contributed by atoms with Gasteiger partial charge >= 0.3 is 0 Å². The zero-order valence-electron chi connectivity index (χ0n) is 11.6. The molecule has 1 aliphatic heterocycles. The summed E-state index contributed by atoms with van der Waals surface area (Å²) >= 11 is 0. The lowest BCUT2D eigenvalue weighted by Gasteiger charge is -2.20. The van der Waals surface area contributed by atoms with Crippen LogP contribution >= 0.6 is 0 Å². The van der Waals surface area contributed by atoms with E-state index in [-0.39, 0.29) is 12.6 Å². The molecule has 1 aromatic carbocycles. The van der Waals surface area contributed by atoms with Crippen LogP contribution in [0.1, 0.15) is 13.3 Å². The second-order valence-electron chi connectivity index (χ2n) is 4.58. The van der Waals surface area contributed by atoms with Gasteiger partial charge in [0.2, 0.25) is 0 Å². The smallest absolute Gasteiger partial charge is 0.162 e. The van der Waals surface area contributed by atoms with Crippen LogP contribution in [0.4, 0.5) is 0 Å². The minimum Gasteiger partial charge on any atom is -0.486 e. The standard InChI is InChI=1S/C14H21NO4S/c1-2-15-11(5-6-16)10-20(17)12-3-4-13-14(9-12)19-8-7-18-13/h3-4,9,11,15-16H,2,5-8,10H2,1H3. The van der Waals surface area contributed by atoms with E-state index >= 15 is 0 Å². The number of fused-ring (bicyclic) bond motifs is 1. The quantitative estimate of drug-likeness (QED) is 0.784. The molecule has 1 heterocycles. The highest BCUT2D eigenvalue weighted by atomic mass is 32.2. The van der Waals surface area contributed by atoms with E-state index in [2.05, 4.69) is 5.32 Å². The Labute approximate surface area is 121 Å². The zero-order chi connectivity index (χ0) is 14.4. The van der Waals surface area contributed by atoms with Gasteiger partial charge in [0.1, 0.15) is 13.2 Å². The van der Waals surface area contributed by atoms with Gasteiger partial charge in [-0.15, -0.1) is 0 Å². The molecule has 0 saturated heterocycles. The van der Waals surface area contributed by atoms with Crippen LogP contribution in [0.15, 0.2) is 23.1 Å². The van der Waals surface area contributed by atoms with Gasteiger partial charge in [0.05, 0.1) is 10.8 Å². The van der Waals surface area contributed by atoms with Gasteiger partial charge in [0.15, 0.2) is 11.5 Å². The summed E-state index contributed by atoms with van der Waals surface area (Å²) in [5.74, 6) is 1.84. The summed E-state index contributed by atoms with van der Waals surface area (Å²) in [7, 11) is -1.12. The second kappa shape index (κ2) is 7.61. The van der Waals surface area contributed by atoms with Crippen molar-refractivity contribution in [1.82, 2.24) is 5.32 Å². The van der Waals surface area contributed by atoms with Gasteiger partial charge in [-0.2, -0.15) is 0 Å². The first kappa shape index (κ1) is 15.3. The van der Waals surface area contributed by atoms with Crippen molar-refractivity contribution in [3.63, 3.8) is 0 Å². The van der Waals surface area contributed by atoms with Crippen LogP contribution in [0, 0.1) is 0 Å². The Hall–Kier alpha value is -1.11. The van der Waals surface area contributed by atoms with E-state index in [1.165, 1.54) is 0 Å². The molecule has 0 bridgehead atoms. The van der Waals surface area contributed by atoms with E-state index in [9.17, 15) is 4.21 Å². The highest BCUT2D eigenvalue weighted by Crippen LogP contribution is 2.31. The van der Waals surface area contributed by atoms with Gasteiger partial charge in [-0.05, 0) is 25.1 Å². The first-order chi connectivity index (χ1) is 9.74. The minimum atomic E-state index is -1.12. The molecule has 2 atom stereocenters. The molecule has 1 aromatic rings. The van der Waals surface area contributed by atoms with E-state index in [4.69, 9.17) is 14.6 Å². The van der Waals surface area contributed by atoms with E-state index < -0.39 is 10.8 Å². The highest BCUT2D eigenvalue weighted by molar-refractivity contribution is 7.85. The number of aliphatic hydroxyl groups is 1. The Morgan fingerprint density at radius 2 is 2.10 bits per heavy atom. The monoisotopic (exact) mass is 299 g/mol. The van der Waals surface area contributed by atoms with Crippen LogP contribution in [0.25, 0.3) is 0 Å². The van der Waals surface area contributed by atoms with Crippen LogP contribution < -0.4 is 14.8 Å². The minimum absolute atomic E-state index is 0.0547. The average molecular weight is 299 g/mol. The molecule has 0 aliphatic carbocycles. The van der Waals surface area contributed by atoms with Crippen molar-refractivity contribution in [1.29, 1.82) is 0 Å². The van der Waals surface area contributed by atoms with Gasteiger partial charge in [-0.3, -0.25) is 4.21 Å². The Morgan fingerprint density at radius 1 is 1.35 bits per heavy atom. The van der Waals surface area contributed by atoms with Crippen LogP contribution in [-0.4, -0.2) is 47.5 Å². The van der Waals surface area contributed by atoms with Crippen molar-refractivity contribution in [3.8, 4) is 11.5 Å². The van der Waals surface area contributed by atoms with Crippen molar-refractivity contribution < 1.29 is 18.8 Å². The number of rotatable bonds is 7. The molecule has 20 heavy (non-hydrogen) atoms. The summed E-state index contributed by atoms with van der Waals surface area (Å²) in [4.78, 5) is 0.732. The maximum absolute atomic E-state index is 12.4. The van der Waals surface area contributed by atoms with Crippen molar-refractivity contribution in [2.45, 2.75) is 24.3 Å². The summed E-state index contributed by atoms with van der Waals surface area (Å²) in [5.41, 5.74) is 0. The Morgan fingerprint density at radius 3 is 2.80 bits per heavy atom.